The van der Waals surface area contributed by atoms with Crippen LogP contribution in [-0.4, -0.2) is 5.97 Å². The van der Waals surface area contributed by atoms with Crippen molar-refractivity contribution in [2.45, 2.75) is 33.6 Å². The van der Waals surface area contributed by atoms with Gasteiger partial charge in [0.25, 0.3) is 0 Å². The Bertz CT molecular complexity index is 261. The Labute approximate surface area is 79.3 Å². The van der Waals surface area contributed by atoms with Crippen LogP contribution in [0.15, 0.2) is 23.5 Å². The summed E-state index contributed by atoms with van der Waals surface area (Å²) in [6.07, 6.45) is 5.92. The number of esters is 1. The number of rotatable bonds is 1. The number of carbonyl (C=O) groups is 1. The van der Waals surface area contributed by atoms with Crippen LogP contribution in [-0.2, 0) is 9.53 Å². The van der Waals surface area contributed by atoms with Gasteiger partial charge in [0.15, 0.2) is 0 Å². The fourth-order valence-corrected chi connectivity index (χ4v) is 1.51. The second-order valence-electron chi connectivity index (χ2n) is 3.60. The maximum atomic E-state index is 10.6. The number of hydrogen-bond donors (Lipinski definition) is 0. The minimum Gasteiger partial charge on any atom is -0.435 e. The first-order chi connectivity index (χ1) is 6.09. The third-order valence-corrected chi connectivity index (χ3v) is 2.30. The Morgan fingerprint density at radius 2 is 2.31 bits per heavy atom. The van der Waals surface area contributed by atoms with E-state index in [-0.39, 0.29) is 5.97 Å². The molecule has 1 aliphatic rings. The number of carbonyl (C=O) groups excluding carboxylic acids is 1. The lowest BCUT2D eigenvalue weighted by atomic mass is 9.88. The van der Waals surface area contributed by atoms with Crippen molar-refractivity contribution in [3.05, 3.63) is 23.5 Å². The van der Waals surface area contributed by atoms with Gasteiger partial charge in [-0.05, 0) is 31.3 Å². The smallest absolute Gasteiger partial charge is 0.307 e. The molecule has 0 bridgehead atoms. The molecule has 0 saturated carbocycles. The van der Waals surface area contributed by atoms with Crippen molar-refractivity contribution in [3.63, 3.8) is 0 Å². The molecule has 1 atom stereocenters. The minimum atomic E-state index is -0.244. The molecule has 0 spiro atoms. The second-order valence-corrected chi connectivity index (χ2v) is 3.60. The first kappa shape index (κ1) is 10.0. The van der Waals surface area contributed by atoms with Gasteiger partial charge in [-0.25, -0.2) is 0 Å². The van der Waals surface area contributed by atoms with Crippen LogP contribution < -0.4 is 0 Å². The Morgan fingerprint density at radius 1 is 1.62 bits per heavy atom. The molecule has 0 aromatic heterocycles. The third kappa shape index (κ3) is 3.05. The van der Waals surface area contributed by atoms with Crippen molar-refractivity contribution < 1.29 is 9.53 Å². The highest BCUT2D eigenvalue weighted by atomic mass is 16.5. The largest absolute Gasteiger partial charge is 0.435 e. The van der Waals surface area contributed by atoms with Gasteiger partial charge in [-0.3, -0.25) is 4.79 Å². The molecule has 0 aromatic rings. The normalized spacial score (nSPS) is 25.6. The van der Waals surface area contributed by atoms with Crippen molar-refractivity contribution in [2.24, 2.45) is 5.92 Å². The first-order valence-electron chi connectivity index (χ1n) is 4.63. The van der Waals surface area contributed by atoms with E-state index >= 15 is 0 Å². The summed E-state index contributed by atoms with van der Waals surface area (Å²) in [6, 6.07) is 0. The van der Waals surface area contributed by atoms with Crippen LogP contribution in [0.1, 0.15) is 33.6 Å². The van der Waals surface area contributed by atoms with Gasteiger partial charge in [0.2, 0.25) is 0 Å². The Kier molecular flexibility index (Phi) is 3.29. The molecule has 2 heteroatoms. The average Bonchev–Trinajstić information content (AvgIpc) is 2.02. The molecule has 0 aromatic carbocycles. The van der Waals surface area contributed by atoms with E-state index in [1.807, 2.05) is 0 Å². The van der Waals surface area contributed by atoms with Gasteiger partial charge >= 0.3 is 5.97 Å². The quantitative estimate of drug-likeness (QED) is 0.352. The zero-order valence-electron chi connectivity index (χ0n) is 8.46. The molecular formula is C11H16O2. The molecule has 0 saturated heterocycles. The average molecular weight is 180 g/mol. The Morgan fingerprint density at radius 3 is 2.85 bits per heavy atom. The van der Waals surface area contributed by atoms with Crippen LogP contribution in [0.2, 0.25) is 0 Å². The summed E-state index contributed by atoms with van der Waals surface area (Å²) < 4.78 is 4.86. The predicted octanol–water partition coefficient (Wildman–Crippen LogP) is 2.81. The summed E-state index contributed by atoms with van der Waals surface area (Å²) in [7, 11) is 0. The van der Waals surface area contributed by atoms with Crippen LogP contribution in [0.5, 0.6) is 0 Å². The summed E-state index contributed by atoms with van der Waals surface area (Å²) in [4.78, 5) is 10.6. The lowest BCUT2D eigenvalue weighted by Crippen LogP contribution is -2.05. The number of ether oxygens (including phenoxy) is 1. The van der Waals surface area contributed by atoms with Crippen molar-refractivity contribution >= 4 is 5.97 Å². The van der Waals surface area contributed by atoms with Crippen LogP contribution >= 0.6 is 0 Å². The van der Waals surface area contributed by atoms with Crippen molar-refractivity contribution in [3.8, 4) is 0 Å². The second kappa shape index (κ2) is 4.26. The van der Waals surface area contributed by atoms with Crippen LogP contribution in [0, 0.1) is 5.92 Å². The SMILES string of the molecule is CC(=O)OC=C1CCC(C)=CC1C. The lowest BCUT2D eigenvalue weighted by Gasteiger charge is -2.18. The Balaban J connectivity index is 2.62. The lowest BCUT2D eigenvalue weighted by molar-refractivity contribution is -0.135. The fraction of sp³-hybridized carbons (Fsp3) is 0.545. The summed E-state index contributed by atoms with van der Waals surface area (Å²) in [5, 5.41) is 0. The van der Waals surface area contributed by atoms with Crippen molar-refractivity contribution in [1.29, 1.82) is 0 Å². The molecule has 13 heavy (non-hydrogen) atoms. The number of hydrogen-bond acceptors (Lipinski definition) is 2. The molecule has 0 amide bonds. The van der Waals surface area contributed by atoms with E-state index in [1.54, 1.807) is 6.26 Å². The standard InChI is InChI=1S/C11H16O2/c1-8-4-5-11(9(2)6-8)7-13-10(3)12/h6-7,9H,4-5H2,1-3H3. The molecule has 0 radical (unpaired) electrons. The molecule has 2 nitrogen and oxygen atoms in total. The maximum absolute atomic E-state index is 10.6. The molecule has 1 aliphatic carbocycles. The molecule has 0 fully saturated rings. The van der Waals surface area contributed by atoms with Gasteiger partial charge in [0.05, 0.1) is 6.26 Å². The zero-order chi connectivity index (χ0) is 9.84. The van der Waals surface area contributed by atoms with E-state index in [4.69, 9.17) is 4.74 Å². The molecule has 0 N–H and O–H groups in total. The van der Waals surface area contributed by atoms with Gasteiger partial charge in [-0.15, -0.1) is 0 Å². The Hall–Kier alpha value is -1.05. The number of allylic oxidation sites excluding steroid dienone is 3. The summed E-state index contributed by atoms with van der Waals surface area (Å²) in [5.74, 6) is 0.166. The third-order valence-electron chi connectivity index (χ3n) is 2.30. The van der Waals surface area contributed by atoms with Crippen LogP contribution in [0.25, 0.3) is 0 Å². The maximum Gasteiger partial charge on any atom is 0.307 e. The fourth-order valence-electron chi connectivity index (χ4n) is 1.51. The summed E-state index contributed by atoms with van der Waals surface area (Å²) in [5.41, 5.74) is 2.63. The summed E-state index contributed by atoms with van der Waals surface area (Å²) >= 11 is 0. The van der Waals surface area contributed by atoms with Crippen LogP contribution in [0.3, 0.4) is 0 Å². The topological polar surface area (TPSA) is 26.3 Å². The van der Waals surface area contributed by atoms with E-state index in [0.717, 1.165) is 12.8 Å². The molecule has 0 heterocycles. The minimum absolute atomic E-state index is 0.244. The van der Waals surface area contributed by atoms with Gasteiger partial charge < -0.3 is 4.74 Å². The van der Waals surface area contributed by atoms with Crippen LogP contribution in [0.4, 0.5) is 0 Å². The molecular weight excluding hydrogens is 164 g/mol. The van der Waals surface area contributed by atoms with Gasteiger partial charge in [-0.2, -0.15) is 0 Å². The van der Waals surface area contributed by atoms with E-state index in [0.29, 0.717) is 5.92 Å². The van der Waals surface area contributed by atoms with Gasteiger partial charge in [0, 0.05) is 6.92 Å². The highest BCUT2D eigenvalue weighted by molar-refractivity contribution is 5.66. The molecule has 72 valence electrons. The van der Waals surface area contributed by atoms with E-state index in [2.05, 4.69) is 19.9 Å². The highest BCUT2D eigenvalue weighted by Gasteiger charge is 2.12. The first-order valence-corrected chi connectivity index (χ1v) is 4.63. The molecule has 1 unspecified atom stereocenters. The monoisotopic (exact) mass is 180 g/mol. The van der Waals surface area contributed by atoms with E-state index < -0.39 is 0 Å². The van der Waals surface area contributed by atoms with Gasteiger partial charge in [-0.1, -0.05) is 18.6 Å². The van der Waals surface area contributed by atoms with E-state index in [1.165, 1.54) is 18.1 Å². The van der Waals surface area contributed by atoms with Gasteiger partial charge in [0.1, 0.15) is 0 Å². The predicted molar refractivity (Wildman–Crippen MR) is 52.0 cm³/mol. The van der Waals surface area contributed by atoms with Crippen molar-refractivity contribution in [2.75, 3.05) is 0 Å². The molecule has 0 aliphatic heterocycles. The van der Waals surface area contributed by atoms with E-state index in [9.17, 15) is 4.79 Å². The highest BCUT2D eigenvalue weighted by Crippen LogP contribution is 2.27. The zero-order valence-corrected chi connectivity index (χ0v) is 8.46. The molecule has 1 rings (SSSR count). The summed E-state index contributed by atoms with van der Waals surface area (Å²) in [6.45, 7) is 5.68. The van der Waals surface area contributed by atoms with Crippen molar-refractivity contribution in [1.82, 2.24) is 0 Å².